The molecule has 2 fully saturated rings. The third-order valence-corrected chi connectivity index (χ3v) is 18.5. The molecule has 61 heavy (non-hydrogen) atoms. The van der Waals surface area contributed by atoms with Gasteiger partial charge in [-0.3, -0.25) is 4.90 Å². The molecule has 0 saturated carbocycles. The van der Waals surface area contributed by atoms with Crippen LogP contribution < -0.4 is 31.5 Å². The maximum absolute atomic E-state index is 15.1. The molecule has 4 heterocycles. The summed E-state index contributed by atoms with van der Waals surface area (Å²) in [5.74, 6) is -0.905. The first-order chi connectivity index (χ1) is 29.0. The number of rotatable bonds is 11. The Kier molecular flexibility index (Phi) is 12.6. The Morgan fingerprint density at radius 2 is 1.77 bits per heavy atom. The first kappa shape index (κ1) is 44.1. The SMILES string of the molecule is C[C@@H](Oc1nc(C(N)=NOC(=O)[C@@]2(C)CCCc3sc(N)c(C#N)c32)nc(N2CCOC[C@@](C)(O[Si](c3ccccc3)(c3ccccc3)C(C)(C)C)C2)n1)[C@@H]1[C@H](F)CCN1C. The van der Waals surface area contributed by atoms with Crippen LogP contribution in [0.4, 0.5) is 15.3 Å². The second-order valence-electron chi connectivity index (χ2n) is 17.8. The predicted molar refractivity (Wildman–Crippen MR) is 237 cm³/mol. The number of aryl methyl sites for hydroxylation is 1. The van der Waals surface area contributed by atoms with Crippen molar-refractivity contribution in [2.24, 2.45) is 10.9 Å². The number of hydrogen-bond donors (Lipinski definition) is 2. The van der Waals surface area contributed by atoms with Gasteiger partial charge in [0.2, 0.25) is 17.6 Å². The van der Waals surface area contributed by atoms with Crippen LogP contribution in [0.5, 0.6) is 6.01 Å². The molecule has 4 N–H and O–H groups in total. The number of benzene rings is 2. The molecule has 14 nitrogen and oxygen atoms in total. The zero-order valence-corrected chi connectivity index (χ0v) is 37.8. The molecule has 7 rings (SSSR count). The van der Waals surface area contributed by atoms with Gasteiger partial charge < -0.3 is 35.1 Å². The minimum atomic E-state index is -3.06. The number of ether oxygens (including phenoxy) is 2. The number of oxime groups is 1. The molecule has 17 heteroatoms. The number of aromatic nitrogens is 3. The molecular formula is C44H56FN9O5SSi. The number of carbonyl (C=O) groups excluding carboxylic acids is 1. The Hall–Kier alpha value is -4.99. The molecule has 0 spiro atoms. The Morgan fingerprint density at radius 3 is 2.38 bits per heavy atom. The topological polar surface area (TPSA) is 187 Å². The van der Waals surface area contributed by atoms with Crippen LogP contribution >= 0.6 is 11.3 Å². The lowest BCUT2D eigenvalue weighted by Crippen LogP contribution is -2.70. The summed E-state index contributed by atoms with van der Waals surface area (Å²) in [6.07, 6.45) is 0.480. The Labute approximate surface area is 362 Å². The van der Waals surface area contributed by atoms with E-state index in [0.717, 1.165) is 15.3 Å². The number of amidine groups is 1. The number of nitrogen functional groups attached to an aromatic ring is 1. The van der Waals surface area contributed by atoms with Crippen LogP contribution in [0.15, 0.2) is 65.8 Å². The number of halogens is 1. The van der Waals surface area contributed by atoms with Crippen molar-refractivity contribution in [3.05, 3.63) is 82.5 Å². The smallest absolute Gasteiger partial charge is 0.345 e. The Morgan fingerprint density at radius 1 is 1.10 bits per heavy atom. The van der Waals surface area contributed by atoms with E-state index in [1.54, 1.807) is 13.8 Å². The van der Waals surface area contributed by atoms with Crippen LogP contribution in [0.2, 0.25) is 5.04 Å². The van der Waals surface area contributed by atoms with Crippen LogP contribution in [0, 0.1) is 11.3 Å². The third-order valence-electron chi connectivity index (χ3n) is 12.2. The molecule has 0 unspecified atom stereocenters. The molecule has 4 aromatic rings. The standard InChI is InChI=1S/C44H56FN9O5SSi/c1-28(35-32(45)20-22-53(35)7)57-41-50-38(36(47)52-58-39(55)44(6)21-14-19-33-34(44)31(25-46)37(48)60-33)49-40(51-41)54-23-24-56-27-43(5,26-54)59-61(42(2,3)4,29-15-10-8-11-16-29)30-17-12-9-13-18-30/h8-13,15-18,28,32,35H,14,19-24,26-27,48H2,1-7H3,(H2,47,52)/t28-,32-,35-,43+,44+/m1/s1. The van der Waals surface area contributed by atoms with Gasteiger partial charge in [0, 0.05) is 23.5 Å². The van der Waals surface area contributed by atoms with E-state index in [0.29, 0.717) is 69.1 Å². The van der Waals surface area contributed by atoms with Crippen molar-refractivity contribution in [1.29, 1.82) is 5.26 Å². The van der Waals surface area contributed by atoms with Crippen LogP contribution in [0.25, 0.3) is 0 Å². The normalized spacial score (nSPS) is 24.4. The molecule has 2 aromatic heterocycles. The summed E-state index contributed by atoms with van der Waals surface area (Å²) in [6, 6.07) is 22.4. The van der Waals surface area contributed by atoms with E-state index in [9.17, 15) is 10.1 Å². The predicted octanol–water partition coefficient (Wildman–Crippen LogP) is 4.83. The molecule has 2 aromatic carbocycles. The van der Waals surface area contributed by atoms with Crippen molar-refractivity contribution in [2.75, 3.05) is 50.5 Å². The maximum atomic E-state index is 15.1. The Bertz CT molecular complexity index is 2240. The van der Waals surface area contributed by atoms with Gasteiger partial charge in [0.15, 0.2) is 0 Å². The van der Waals surface area contributed by atoms with Gasteiger partial charge in [0.05, 0.1) is 42.4 Å². The highest BCUT2D eigenvalue weighted by molar-refractivity contribution is 7.16. The average molecular weight is 870 g/mol. The second-order valence-corrected chi connectivity index (χ2v) is 23.2. The van der Waals surface area contributed by atoms with E-state index in [-0.39, 0.29) is 34.2 Å². The van der Waals surface area contributed by atoms with Crippen molar-refractivity contribution >= 4 is 52.8 Å². The third kappa shape index (κ3) is 8.61. The molecule has 0 amide bonds. The number of fused-ring (bicyclic) bond motifs is 1. The lowest BCUT2D eigenvalue weighted by atomic mass is 9.72. The van der Waals surface area contributed by atoms with Crippen molar-refractivity contribution in [2.45, 2.75) is 102 Å². The van der Waals surface area contributed by atoms with E-state index in [4.69, 9.17) is 40.2 Å². The number of likely N-dealkylation sites (tertiary alicyclic amines) is 1. The zero-order valence-electron chi connectivity index (χ0n) is 36.0. The van der Waals surface area contributed by atoms with Gasteiger partial charge in [0.25, 0.3) is 8.32 Å². The minimum Gasteiger partial charge on any atom is -0.459 e. The summed E-state index contributed by atoms with van der Waals surface area (Å²) in [5, 5.41) is 16.3. The van der Waals surface area contributed by atoms with Crippen LogP contribution in [-0.4, -0.2) is 104 Å². The molecule has 1 aliphatic carbocycles. The summed E-state index contributed by atoms with van der Waals surface area (Å²) in [7, 11) is -1.20. The lowest BCUT2D eigenvalue weighted by molar-refractivity contribution is -0.150. The summed E-state index contributed by atoms with van der Waals surface area (Å²) in [4.78, 5) is 38.2. The quantitative estimate of drug-likeness (QED) is 0.0688. The Balaban J connectivity index is 1.25. The average Bonchev–Trinajstić information content (AvgIpc) is 3.68. The summed E-state index contributed by atoms with van der Waals surface area (Å²) in [5.41, 5.74) is 11.5. The van der Waals surface area contributed by atoms with Gasteiger partial charge in [-0.15, -0.1) is 11.3 Å². The van der Waals surface area contributed by atoms with Gasteiger partial charge in [-0.1, -0.05) is 86.6 Å². The highest BCUT2D eigenvalue weighted by Crippen LogP contribution is 2.46. The summed E-state index contributed by atoms with van der Waals surface area (Å²) >= 11 is 1.32. The van der Waals surface area contributed by atoms with Gasteiger partial charge >= 0.3 is 12.0 Å². The fourth-order valence-electron chi connectivity index (χ4n) is 9.24. The van der Waals surface area contributed by atoms with E-state index in [1.807, 2.05) is 53.2 Å². The monoisotopic (exact) mass is 869 g/mol. The number of carbonyl (C=O) groups is 1. The van der Waals surface area contributed by atoms with Gasteiger partial charge in [-0.2, -0.15) is 20.2 Å². The number of likely N-dealkylation sites (N-methyl/N-ethyl adjacent to an activating group) is 1. The van der Waals surface area contributed by atoms with E-state index >= 15 is 4.39 Å². The number of hydrogen-bond acceptors (Lipinski definition) is 14. The van der Waals surface area contributed by atoms with Gasteiger partial charge in [-0.05, 0) is 68.9 Å². The van der Waals surface area contributed by atoms with Crippen molar-refractivity contribution in [1.82, 2.24) is 19.9 Å². The largest absolute Gasteiger partial charge is 0.459 e. The summed E-state index contributed by atoms with van der Waals surface area (Å²) in [6.45, 7) is 14.2. The molecule has 0 bridgehead atoms. The zero-order chi connectivity index (χ0) is 43.7. The molecule has 2 saturated heterocycles. The molecule has 324 valence electrons. The number of nitriles is 1. The van der Waals surface area contributed by atoms with E-state index in [1.165, 1.54) is 11.3 Å². The van der Waals surface area contributed by atoms with Crippen LogP contribution in [0.3, 0.4) is 0 Å². The highest BCUT2D eigenvalue weighted by Gasteiger charge is 2.54. The molecule has 3 aliphatic rings. The first-order valence-electron chi connectivity index (χ1n) is 20.8. The fourth-order valence-corrected chi connectivity index (χ4v) is 15.2. The highest BCUT2D eigenvalue weighted by atomic mass is 32.1. The molecule has 0 radical (unpaired) electrons. The van der Waals surface area contributed by atoms with Crippen molar-refractivity contribution in [3.8, 4) is 12.1 Å². The minimum absolute atomic E-state index is 0.0967. The van der Waals surface area contributed by atoms with E-state index < -0.39 is 43.6 Å². The number of anilines is 2. The van der Waals surface area contributed by atoms with Gasteiger partial charge in [0.1, 0.15) is 23.3 Å². The lowest BCUT2D eigenvalue weighted by Gasteiger charge is -2.48. The molecule has 2 aliphatic heterocycles. The number of nitrogens with zero attached hydrogens (tertiary/aromatic N) is 7. The number of nitrogens with two attached hydrogens (primary N) is 2. The van der Waals surface area contributed by atoms with Crippen LogP contribution in [-0.2, 0) is 30.6 Å². The van der Waals surface area contributed by atoms with Crippen LogP contribution in [0.1, 0.15) is 82.6 Å². The van der Waals surface area contributed by atoms with Crippen molar-refractivity contribution in [3.63, 3.8) is 0 Å². The molecule has 5 atom stereocenters. The van der Waals surface area contributed by atoms with E-state index in [2.05, 4.69) is 68.2 Å². The maximum Gasteiger partial charge on any atom is 0.345 e. The fraction of sp³-hybridized carbons (Fsp3) is 0.500. The summed E-state index contributed by atoms with van der Waals surface area (Å²) < 4.78 is 35.4. The van der Waals surface area contributed by atoms with Gasteiger partial charge in [-0.25, -0.2) is 9.18 Å². The van der Waals surface area contributed by atoms with Crippen molar-refractivity contribution < 1.29 is 27.9 Å². The molecular weight excluding hydrogens is 814 g/mol. The first-order valence-corrected chi connectivity index (χ1v) is 23.5. The second kappa shape index (κ2) is 17.4. The number of alkyl halides is 1. The number of thiophene rings is 1.